The quantitative estimate of drug-likeness (QED) is 0.404. The highest BCUT2D eigenvalue weighted by Crippen LogP contribution is 2.33. The van der Waals surface area contributed by atoms with Gasteiger partial charge >= 0.3 is 0 Å². The van der Waals surface area contributed by atoms with Gasteiger partial charge in [-0.1, -0.05) is 47.9 Å². The number of halogens is 1. The monoisotopic (exact) mass is 459 g/mol. The molecule has 3 atom stereocenters. The highest BCUT2D eigenvalue weighted by molar-refractivity contribution is 6.30. The minimum atomic E-state index is -0.876. The first-order valence-electron chi connectivity index (χ1n) is 10.7. The van der Waals surface area contributed by atoms with Crippen molar-refractivity contribution < 1.29 is 10.2 Å². The molecule has 5 rings (SSSR count). The second-order valence-corrected chi connectivity index (χ2v) is 8.46. The zero-order valence-corrected chi connectivity index (χ0v) is 18.4. The van der Waals surface area contributed by atoms with Crippen LogP contribution in [0.2, 0.25) is 5.02 Å². The lowest BCUT2D eigenvalue weighted by atomic mass is 10.2. The topological polar surface area (TPSA) is 96.1 Å². The second kappa shape index (κ2) is 9.20. The number of aliphatic hydroxyl groups is 2. The van der Waals surface area contributed by atoms with E-state index in [-0.39, 0.29) is 6.04 Å². The molecule has 2 aromatic heterocycles. The van der Waals surface area contributed by atoms with E-state index in [1.165, 1.54) is 0 Å². The van der Waals surface area contributed by atoms with Gasteiger partial charge in [-0.05, 0) is 48.6 Å². The fourth-order valence-corrected chi connectivity index (χ4v) is 4.28. The fourth-order valence-electron chi connectivity index (χ4n) is 4.06. The van der Waals surface area contributed by atoms with Gasteiger partial charge < -0.3 is 20.1 Å². The summed E-state index contributed by atoms with van der Waals surface area (Å²) in [5, 5.41) is 24.5. The summed E-state index contributed by atoms with van der Waals surface area (Å²) in [5.74, 6) is 7.02. The first-order valence-corrected chi connectivity index (χ1v) is 11.1. The van der Waals surface area contributed by atoms with Crippen molar-refractivity contribution in [2.24, 2.45) is 0 Å². The number of nitrogens with zero attached hydrogens (tertiary/aromatic N) is 4. The minimum absolute atomic E-state index is 0.310. The maximum Gasteiger partial charge on any atom is 0.209 e. The predicted molar refractivity (Wildman–Crippen MR) is 127 cm³/mol. The Morgan fingerprint density at radius 3 is 2.64 bits per heavy atom. The molecule has 166 valence electrons. The third-order valence-corrected chi connectivity index (χ3v) is 6.00. The average molecular weight is 460 g/mol. The molecule has 4 aromatic rings. The van der Waals surface area contributed by atoms with Gasteiger partial charge in [-0.15, -0.1) is 0 Å². The molecule has 1 aliphatic rings. The van der Waals surface area contributed by atoms with Gasteiger partial charge in [0.25, 0.3) is 0 Å². The Bertz CT molecular complexity index is 1350. The van der Waals surface area contributed by atoms with Crippen LogP contribution in [0.4, 0.5) is 5.82 Å². The summed E-state index contributed by atoms with van der Waals surface area (Å²) in [6, 6.07) is 16.9. The molecule has 7 nitrogen and oxygen atoms in total. The Labute approximate surface area is 196 Å². The van der Waals surface area contributed by atoms with Crippen molar-refractivity contribution in [1.29, 1.82) is 0 Å². The summed E-state index contributed by atoms with van der Waals surface area (Å²) < 4.78 is 1.82. The van der Waals surface area contributed by atoms with Crippen LogP contribution in [-0.2, 0) is 6.54 Å². The lowest BCUT2D eigenvalue weighted by Crippen LogP contribution is -2.27. The van der Waals surface area contributed by atoms with Gasteiger partial charge in [-0.25, -0.2) is 15.0 Å². The van der Waals surface area contributed by atoms with E-state index < -0.39 is 12.2 Å². The zero-order valence-electron chi connectivity index (χ0n) is 17.7. The molecule has 0 aliphatic heterocycles. The molecule has 2 aromatic carbocycles. The van der Waals surface area contributed by atoms with Crippen molar-refractivity contribution >= 4 is 28.6 Å². The average Bonchev–Trinajstić information content (AvgIpc) is 3.39. The van der Waals surface area contributed by atoms with E-state index in [1.807, 2.05) is 59.2 Å². The SMILES string of the molecule is OC1CC[C@@H](n2cnc3c(NCc4cccc(Cl)c4)nc(C#Cc4ccccc4)nc32)[C@@H]1O. The lowest BCUT2D eigenvalue weighted by molar-refractivity contribution is 0.0241. The van der Waals surface area contributed by atoms with Crippen molar-refractivity contribution in [3.8, 4) is 11.8 Å². The largest absolute Gasteiger partial charge is 0.390 e. The Morgan fingerprint density at radius 2 is 1.88 bits per heavy atom. The van der Waals surface area contributed by atoms with Crippen molar-refractivity contribution in [3.63, 3.8) is 0 Å². The molecule has 1 fully saturated rings. The number of nitrogens with one attached hydrogen (secondary N) is 1. The van der Waals surface area contributed by atoms with Gasteiger partial charge in [0.2, 0.25) is 5.82 Å². The van der Waals surface area contributed by atoms with E-state index in [2.05, 4.69) is 32.1 Å². The van der Waals surface area contributed by atoms with Gasteiger partial charge in [0, 0.05) is 17.1 Å². The third kappa shape index (κ3) is 4.55. The first-order chi connectivity index (χ1) is 16.1. The molecule has 0 saturated heterocycles. The third-order valence-electron chi connectivity index (χ3n) is 5.77. The van der Waals surface area contributed by atoms with Crippen LogP contribution in [0.3, 0.4) is 0 Å². The highest BCUT2D eigenvalue weighted by Gasteiger charge is 2.35. The molecule has 0 spiro atoms. The van der Waals surface area contributed by atoms with Crippen LogP contribution in [0.1, 0.15) is 35.8 Å². The fraction of sp³-hybridized carbons (Fsp3) is 0.240. The van der Waals surface area contributed by atoms with Crippen LogP contribution >= 0.6 is 11.6 Å². The normalized spacial score (nSPS) is 19.9. The molecule has 33 heavy (non-hydrogen) atoms. The lowest BCUT2D eigenvalue weighted by Gasteiger charge is -2.18. The first kappa shape index (κ1) is 21.4. The van der Waals surface area contributed by atoms with Gasteiger partial charge in [0.15, 0.2) is 17.0 Å². The summed E-state index contributed by atoms with van der Waals surface area (Å²) in [6.45, 7) is 0.496. The van der Waals surface area contributed by atoms with Crippen LogP contribution < -0.4 is 5.32 Å². The van der Waals surface area contributed by atoms with Crippen molar-refractivity contribution in [3.05, 3.63) is 82.9 Å². The summed E-state index contributed by atoms with van der Waals surface area (Å²) >= 11 is 6.12. The Morgan fingerprint density at radius 1 is 1.03 bits per heavy atom. The van der Waals surface area contributed by atoms with Crippen LogP contribution in [-0.4, -0.2) is 41.9 Å². The molecule has 0 bridgehead atoms. The number of aromatic nitrogens is 4. The molecule has 8 heteroatoms. The van der Waals surface area contributed by atoms with E-state index in [0.717, 1.165) is 11.1 Å². The van der Waals surface area contributed by atoms with Crippen LogP contribution in [0.5, 0.6) is 0 Å². The van der Waals surface area contributed by atoms with Gasteiger partial charge in [-0.3, -0.25) is 0 Å². The minimum Gasteiger partial charge on any atom is -0.390 e. The van der Waals surface area contributed by atoms with E-state index in [9.17, 15) is 10.2 Å². The number of hydrogen-bond acceptors (Lipinski definition) is 6. The molecular formula is C25H22ClN5O2. The Kier molecular flexibility index (Phi) is 5.97. The predicted octanol–water partition coefficient (Wildman–Crippen LogP) is 3.55. The smallest absolute Gasteiger partial charge is 0.209 e. The molecule has 0 radical (unpaired) electrons. The van der Waals surface area contributed by atoms with Crippen LogP contribution in [0, 0.1) is 11.8 Å². The van der Waals surface area contributed by atoms with Gasteiger partial charge in [0.05, 0.1) is 18.5 Å². The Balaban J connectivity index is 1.55. The van der Waals surface area contributed by atoms with E-state index in [0.29, 0.717) is 47.2 Å². The molecule has 1 saturated carbocycles. The van der Waals surface area contributed by atoms with Crippen molar-refractivity contribution in [2.45, 2.75) is 37.6 Å². The van der Waals surface area contributed by atoms with E-state index in [1.54, 1.807) is 6.33 Å². The van der Waals surface area contributed by atoms with Crippen LogP contribution in [0.25, 0.3) is 11.2 Å². The molecular weight excluding hydrogens is 438 g/mol. The summed E-state index contributed by atoms with van der Waals surface area (Å²) in [5.41, 5.74) is 3.00. The summed E-state index contributed by atoms with van der Waals surface area (Å²) in [6.07, 6.45) is 1.17. The molecule has 0 amide bonds. The van der Waals surface area contributed by atoms with E-state index >= 15 is 0 Å². The standard InChI is InChI=1S/C25H22ClN5O2/c26-18-8-4-7-17(13-18)14-27-24-22-25(31(15-28-22)19-10-11-20(32)23(19)33)30-21(29-24)12-9-16-5-2-1-3-6-16/h1-8,13,15,19-20,23,32-33H,10-11,14H2,(H,27,29,30)/t19-,20?,23+/m1/s1. The maximum atomic E-state index is 10.5. The number of aliphatic hydroxyl groups excluding tert-OH is 2. The van der Waals surface area contributed by atoms with Gasteiger partial charge in [0.1, 0.15) is 6.10 Å². The van der Waals surface area contributed by atoms with Crippen LogP contribution in [0.15, 0.2) is 60.9 Å². The molecule has 2 heterocycles. The molecule has 1 aliphatic carbocycles. The van der Waals surface area contributed by atoms with Crippen molar-refractivity contribution in [2.75, 3.05) is 5.32 Å². The maximum absolute atomic E-state index is 10.5. The summed E-state index contributed by atoms with van der Waals surface area (Å²) in [4.78, 5) is 13.8. The number of fused-ring (bicyclic) bond motifs is 1. The molecule has 3 N–H and O–H groups in total. The number of imidazole rings is 1. The molecule has 1 unspecified atom stereocenters. The van der Waals surface area contributed by atoms with Gasteiger partial charge in [-0.2, -0.15) is 0 Å². The van der Waals surface area contributed by atoms with Crippen molar-refractivity contribution in [1.82, 2.24) is 19.5 Å². The zero-order chi connectivity index (χ0) is 22.8. The number of anilines is 1. The highest BCUT2D eigenvalue weighted by atomic mass is 35.5. The van der Waals surface area contributed by atoms with E-state index in [4.69, 9.17) is 11.6 Å². The Hall–Kier alpha value is -3.44. The number of hydrogen-bond donors (Lipinski definition) is 3. The number of benzene rings is 2. The second-order valence-electron chi connectivity index (χ2n) is 8.02. The number of rotatable bonds is 4. The summed E-state index contributed by atoms with van der Waals surface area (Å²) in [7, 11) is 0.